The van der Waals surface area contributed by atoms with E-state index in [4.69, 9.17) is 19.4 Å². The van der Waals surface area contributed by atoms with Crippen LogP contribution < -0.4 is 15.4 Å². The Bertz CT molecular complexity index is 1130. The number of amides is 1. The van der Waals surface area contributed by atoms with Crippen molar-refractivity contribution in [2.45, 2.75) is 19.4 Å². The first-order chi connectivity index (χ1) is 17.8. The summed E-state index contributed by atoms with van der Waals surface area (Å²) in [6.07, 6.45) is 3.36. The quantitative estimate of drug-likeness (QED) is 0.364. The summed E-state index contributed by atoms with van der Waals surface area (Å²) in [5, 5.41) is 6.75. The van der Waals surface area contributed by atoms with Crippen molar-refractivity contribution in [2.75, 3.05) is 76.3 Å². The van der Waals surface area contributed by atoms with E-state index in [0.717, 1.165) is 63.8 Å². The van der Waals surface area contributed by atoms with Crippen LogP contribution >= 0.6 is 0 Å². The molecule has 0 radical (unpaired) electrons. The summed E-state index contributed by atoms with van der Waals surface area (Å²) in [5.41, 5.74) is 1.46. The molecule has 11 nitrogen and oxygen atoms in total. The Labute approximate surface area is 210 Å². The summed E-state index contributed by atoms with van der Waals surface area (Å²) in [7, 11) is 0. The fourth-order valence-electron chi connectivity index (χ4n) is 4.48. The molecule has 0 spiro atoms. The number of ether oxygens (including phenoxy) is 2. The average Bonchev–Trinajstić information content (AvgIpc) is 3.52. The number of imidazole rings is 1. The van der Waals surface area contributed by atoms with Crippen LogP contribution in [-0.4, -0.2) is 101 Å². The number of benzene rings is 1. The highest BCUT2D eigenvalue weighted by Gasteiger charge is 2.20. The molecule has 0 bridgehead atoms. The maximum atomic E-state index is 12.0. The first-order valence-electron chi connectivity index (χ1n) is 12.7. The summed E-state index contributed by atoms with van der Waals surface area (Å²) in [6.45, 7) is 8.26. The molecule has 2 aliphatic rings. The monoisotopic (exact) mass is 494 g/mol. The lowest BCUT2D eigenvalue weighted by Crippen LogP contribution is -2.39. The van der Waals surface area contributed by atoms with Gasteiger partial charge >= 0.3 is 0 Å². The maximum Gasteiger partial charge on any atom is 0.226 e. The van der Waals surface area contributed by atoms with E-state index in [1.165, 1.54) is 0 Å². The van der Waals surface area contributed by atoms with Gasteiger partial charge in [-0.1, -0.05) is 18.2 Å². The predicted octanol–water partition coefficient (Wildman–Crippen LogP) is 1.68. The lowest BCUT2D eigenvalue weighted by atomic mass is 10.3. The average molecular weight is 495 g/mol. The number of anilines is 2. The van der Waals surface area contributed by atoms with E-state index < -0.39 is 0 Å². The molecule has 0 saturated carbocycles. The van der Waals surface area contributed by atoms with Crippen molar-refractivity contribution < 1.29 is 14.3 Å². The zero-order valence-electron chi connectivity index (χ0n) is 20.6. The van der Waals surface area contributed by atoms with Crippen molar-refractivity contribution in [3.63, 3.8) is 0 Å². The van der Waals surface area contributed by atoms with Gasteiger partial charge in [0.25, 0.3) is 0 Å². The minimum absolute atomic E-state index is 0.222. The zero-order chi connectivity index (χ0) is 24.6. The lowest BCUT2D eigenvalue weighted by molar-refractivity contribution is -0.127. The van der Waals surface area contributed by atoms with E-state index >= 15 is 0 Å². The molecule has 1 aromatic carbocycles. The third-order valence-corrected chi connectivity index (χ3v) is 6.47. The minimum Gasteiger partial charge on any atom is -0.492 e. The van der Waals surface area contributed by atoms with E-state index in [-0.39, 0.29) is 5.91 Å². The number of morpholine rings is 1. The minimum atomic E-state index is 0.222. The summed E-state index contributed by atoms with van der Waals surface area (Å²) >= 11 is 0. The fourth-order valence-corrected chi connectivity index (χ4v) is 4.48. The van der Waals surface area contributed by atoms with Crippen LogP contribution in [0.25, 0.3) is 11.2 Å². The molecule has 4 heterocycles. The smallest absolute Gasteiger partial charge is 0.226 e. The number of aromatic nitrogens is 4. The molecule has 0 atom stereocenters. The molecule has 1 amide bonds. The van der Waals surface area contributed by atoms with Gasteiger partial charge in [0.1, 0.15) is 12.4 Å². The molecule has 2 aromatic heterocycles. The number of nitrogens with one attached hydrogen (secondary N) is 2. The maximum absolute atomic E-state index is 12.0. The second kappa shape index (κ2) is 12.0. The van der Waals surface area contributed by atoms with Crippen LogP contribution in [0.5, 0.6) is 5.75 Å². The van der Waals surface area contributed by atoms with Gasteiger partial charge in [0, 0.05) is 52.2 Å². The van der Waals surface area contributed by atoms with Crippen LogP contribution in [0.2, 0.25) is 0 Å². The van der Waals surface area contributed by atoms with Gasteiger partial charge in [-0.25, -0.2) is 4.98 Å². The highest BCUT2D eigenvalue weighted by atomic mass is 16.5. The van der Waals surface area contributed by atoms with Crippen LogP contribution in [0.1, 0.15) is 12.8 Å². The number of nitrogens with zero attached hydrogens (tertiary/aromatic N) is 6. The van der Waals surface area contributed by atoms with E-state index in [1.54, 1.807) is 6.33 Å². The molecular weight excluding hydrogens is 460 g/mol. The number of carbonyl (C=O) groups excluding carboxylic acids is 1. The van der Waals surface area contributed by atoms with Gasteiger partial charge in [0.05, 0.1) is 26.1 Å². The Hall–Kier alpha value is -3.44. The van der Waals surface area contributed by atoms with Gasteiger partial charge < -0.3 is 29.6 Å². The number of hydrogen-bond acceptors (Lipinski definition) is 9. The largest absolute Gasteiger partial charge is 0.492 e. The second-order valence-electron chi connectivity index (χ2n) is 8.96. The van der Waals surface area contributed by atoms with Crippen molar-refractivity contribution >= 4 is 28.8 Å². The summed E-state index contributed by atoms with van der Waals surface area (Å²) in [5.74, 6) is 2.28. The van der Waals surface area contributed by atoms with Crippen LogP contribution in [0.15, 0.2) is 36.7 Å². The number of rotatable bonds is 12. The molecule has 192 valence electrons. The Kier molecular flexibility index (Phi) is 8.09. The first kappa shape index (κ1) is 24.3. The van der Waals surface area contributed by atoms with E-state index in [0.29, 0.717) is 49.9 Å². The van der Waals surface area contributed by atoms with E-state index in [9.17, 15) is 4.79 Å². The normalized spacial score (nSPS) is 16.6. The summed E-state index contributed by atoms with van der Waals surface area (Å²) in [6, 6.07) is 9.74. The lowest BCUT2D eigenvalue weighted by Gasteiger charge is -2.26. The summed E-state index contributed by atoms with van der Waals surface area (Å²) in [4.78, 5) is 30.4. The van der Waals surface area contributed by atoms with Crippen LogP contribution in [0.4, 0.5) is 11.8 Å². The van der Waals surface area contributed by atoms with Gasteiger partial charge in [0.15, 0.2) is 17.0 Å². The first-order valence-corrected chi connectivity index (χ1v) is 12.7. The number of likely N-dealkylation sites (tertiary alicyclic amines) is 1. The van der Waals surface area contributed by atoms with E-state index in [1.807, 2.05) is 39.8 Å². The van der Waals surface area contributed by atoms with Gasteiger partial charge in [0.2, 0.25) is 11.9 Å². The van der Waals surface area contributed by atoms with Crippen LogP contribution in [0.3, 0.4) is 0 Å². The van der Waals surface area contributed by atoms with Gasteiger partial charge in [-0.15, -0.1) is 0 Å². The van der Waals surface area contributed by atoms with Crippen molar-refractivity contribution in [3.05, 3.63) is 36.7 Å². The number of carbonyl (C=O) groups is 1. The molecule has 36 heavy (non-hydrogen) atoms. The second-order valence-corrected chi connectivity index (χ2v) is 8.96. The molecule has 2 N–H and O–H groups in total. The van der Waals surface area contributed by atoms with Crippen molar-refractivity contribution in [1.82, 2.24) is 29.3 Å². The van der Waals surface area contributed by atoms with Crippen molar-refractivity contribution in [1.29, 1.82) is 0 Å². The Morgan fingerprint density at radius 1 is 0.972 bits per heavy atom. The SMILES string of the molecule is O=C1CCCN1CCn1cnc2c(NCCOc3ccccc3)nc(NCCN3CCOCC3)nc21. The van der Waals surface area contributed by atoms with Gasteiger partial charge in [-0.2, -0.15) is 9.97 Å². The number of fused-ring (bicyclic) bond motifs is 1. The Morgan fingerprint density at radius 3 is 2.64 bits per heavy atom. The fraction of sp³-hybridized carbons (Fsp3) is 0.520. The van der Waals surface area contributed by atoms with Gasteiger partial charge in [-0.05, 0) is 18.6 Å². The predicted molar refractivity (Wildman–Crippen MR) is 137 cm³/mol. The molecule has 0 unspecified atom stereocenters. The third-order valence-electron chi connectivity index (χ3n) is 6.47. The van der Waals surface area contributed by atoms with E-state index in [2.05, 4.69) is 20.5 Å². The number of para-hydroxylation sites is 1. The van der Waals surface area contributed by atoms with Crippen molar-refractivity contribution in [2.24, 2.45) is 0 Å². The van der Waals surface area contributed by atoms with Crippen LogP contribution in [0, 0.1) is 0 Å². The highest BCUT2D eigenvalue weighted by molar-refractivity contribution is 5.84. The molecule has 3 aromatic rings. The van der Waals surface area contributed by atoms with Crippen LogP contribution in [-0.2, 0) is 16.1 Å². The molecule has 2 saturated heterocycles. The molecule has 0 aliphatic carbocycles. The Morgan fingerprint density at radius 2 is 1.83 bits per heavy atom. The van der Waals surface area contributed by atoms with Crippen molar-refractivity contribution in [3.8, 4) is 5.75 Å². The third kappa shape index (κ3) is 6.21. The molecule has 2 aliphatic heterocycles. The molecule has 2 fully saturated rings. The Balaban J connectivity index is 1.26. The molecular formula is C25H34N8O3. The standard InChI is InChI=1S/C25H34N8O3/c34-21-7-4-10-32(21)12-13-33-19-28-22-23(26-9-16-36-20-5-2-1-3-6-20)29-25(30-24(22)33)27-8-11-31-14-17-35-18-15-31/h1-3,5-6,19H,4,7-18H2,(H2,26,27,29,30). The number of hydrogen-bond donors (Lipinski definition) is 2. The van der Waals surface area contributed by atoms with Gasteiger partial charge in [-0.3, -0.25) is 9.69 Å². The highest BCUT2D eigenvalue weighted by Crippen LogP contribution is 2.21. The summed E-state index contributed by atoms with van der Waals surface area (Å²) < 4.78 is 13.2. The zero-order valence-corrected chi connectivity index (χ0v) is 20.6. The molecule has 5 rings (SSSR count). The molecule has 11 heteroatoms. The topological polar surface area (TPSA) is 110 Å².